The number of halogens is 1. The van der Waals surface area contributed by atoms with E-state index in [0.717, 1.165) is 6.33 Å². The van der Waals surface area contributed by atoms with Crippen LogP contribution in [0.3, 0.4) is 0 Å². The number of phosphoric ester groups is 1. The van der Waals surface area contributed by atoms with Gasteiger partial charge in [-0.05, 0) is 11.8 Å². The summed E-state index contributed by atoms with van der Waals surface area (Å²) in [6, 6.07) is 0. The maximum Gasteiger partial charge on any atom is 0.481 e. The second kappa shape index (κ2) is 12.1. The highest BCUT2D eigenvalue weighted by Crippen LogP contribution is 2.61. The summed E-state index contributed by atoms with van der Waals surface area (Å²) >= 11 is 4.68. The van der Waals surface area contributed by atoms with E-state index >= 15 is 0 Å². The Hall–Kier alpha value is -1.36. The average molecular weight is 637 g/mol. The third-order valence-electron chi connectivity index (χ3n) is 5.98. The third-order valence-corrected chi connectivity index (χ3v) is 9.50. The zero-order chi connectivity index (χ0) is 29.6. The van der Waals surface area contributed by atoms with E-state index in [0.29, 0.717) is 0 Å². The maximum absolute atomic E-state index is 13.9. The molecule has 2 aromatic heterocycles. The van der Waals surface area contributed by atoms with E-state index in [1.165, 1.54) is 10.9 Å². The Morgan fingerprint density at radius 3 is 2.45 bits per heavy atom. The molecule has 12 atom stereocenters. The lowest BCUT2D eigenvalue weighted by atomic mass is 9.96. The van der Waals surface area contributed by atoms with Crippen LogP contribution in [-0.2, 0) is 39.2 Å². The quantitative estimate of drug-likeness (QED) is 0.114. The van der Waals surface area contributed by atoms with E-state index in [4.69, 9.17) is 24.8 Å². The van der Waals surface area contributed by atoms with Crippen molar-refractivity contribution in [3.05, 3.63) is 12.7 Å². The number of ether oxygens (including phenoxy) is 2. The molecule has 19 nitrogen and oxygen atoms in total. The lowest BCUT2D eigenvalue weighted by molar-refractivity contribution is -0.287. The summed E-state index contributed by atoms with van der Waals surface area (Å²) in [5, 5.41) is 59.5. The first kappa shape index (κ1) is 31.6. The van der Waals surface area contributed by atoms with Crippen LogP contribution >= 0.6 is 14.5 Å². The van der Waals surface area contributed by atoms with Crippen molar-refractivity contribution in [2.75, 3.05) is 18.9 Å². The Kier molecular flexibility index (Phi) is 9.55. The lowest BCUT2D eigenvalue weighted by Gasteiger charge is -2.41. The molecule has 5 unspecified atom stereocenters. The molecule has 2 aliphatic heterocycles. The third kappa shape index (κ3) is 6.50. The van der Waals surface area contributed by atoms with Gasteiger partial charge in [-0.2, -0.15) is 0 Å². The van der Waals surface area contributed by atoms with Crippen molar-refractivity contribution in [2.24, 2.45) is 0 Å². The first-order chi connectivity index (χ1) is 18.7. The maximum atomic E-state index is 13.9. The molecule has 0 spiro atoms. The smallest absolute Gasteiger partial charge is 0.393 e. The van der Waals surface area contributed by atoms with Gasteiger partial charge in [-0.1, -0.05) is 0 Å². The Morgan fingerprint density at radius 2 is 1.77 bits per heavy atom. The van der Waals surface area contributed by atoms with Crippen molar-refractivity contribution in [3.8, 4) is 0 Å². The van der Waals surface area contributed by atoms with Crippen molar-refractivity contribution in [1.29, 1.82) is 0 Å². The van der Waals surface area contributed by atoms with Gasteiger partial charge in [0.2, 0.25) is 0 Å². The number of fused-ring (bicyclic) bond motifs is 1. The van der Waals surface area contributed by atoms with Crippen molar-refractivity contribution in [3.63, 3.8) is 0 Å². The second-order valence-electron chi connectivity index (χ2n) is 8.69. The average Bonchev–Trinajstić information content (AvgIpc) is 3.43. The fraction of sp³-hybridized carbons (Fsp3) is 0.706. The first-order valence-electron chi connectivity index (χ1n) is 11.2. The van der Waals surface area contributed by atoms with Crippen LogP contribution < -0.4 is 5.73 Å². The van der Waals surface area contributed by atoms with Gasteiger partial charge in [-0.15, -0.1) is 0 Å². The second-order valence-corrected chi connectivity index (χ2v) is 13.1. The number of imidazole rings is 1. The van der Waals surface area contributed by atoms with Crippen LogP contribution in [0.4, 0.5) is 10.2 Å². The molecule has 4 heterocycles. The van der Waals surface area contributed by atoms with Gasteiger partial charge in [-0.3, -0.25) is 9.09 Å². The number of hydrogen-bond acceptors (Lipinski definition) is 17. The Bertz CT molecular complexity index is 1300. The summed E-state index contributed by atoms with van der Waals surface area (Å²) in [5.41, 5.74) is 6.10. The van der Waals surface area contributed by atoms with E-state index < -0.39 is 89.2 Å². The zero-order valence-corrected chi connectivity index (χ0v) is 22.5. The molecule has 0 radical (unpaired) electrons. The molecule has 2 aromatic rings. The Labute approximate surface area is 228 Å². The van der Waals surface area contributed by atoms with Crippen molar-refractivity contribution in [2.45, 2.75) is 61.4 Å². The molecule has 0 amide bonds. The number of alkyl halides is 1. The minimum atomic E-state index is -5.49. The van der Waals surface area contributed by atoms with Crippen molar-refractivity contribution in [1.82, 2.24) is 19.5 Å². The van der Waals surface area contributed by atoms with E-state index in [2.05, 4.69) is 35.6 Å². The number of phosphoric acid groups is 1. The molecule has 23 heteroatoms. The largest absolute Gasteiger partial charge is 0.481 e. The SMILES string of the molecule is Nc1ncnc2c1ncn2[C@@H]1O[C@H](COP(O)(=S)OP(=O)(O)O[C@@H]2OC([C@@H](F)CO)[C@@H](O)[C@H](O)C2O)[C@H](O)C1O. The van der Waals surface area contributed by atoms with Gasteiger partial charge in [0.15, 0.2) is 30.2 Å². The topological polar surface area (TPSA) is 295 Å². The molecule has 2 saturated heterocycles. The number of aliphatic hydroxyl groups is 6. The molecule has 0 aliphatic carbocycles. The van der Waals surface area contributed by atoms with Gasteiger partial charge in [0.25, 0.3) is 0 Å². The zero-order valence-electron chi connectivity index (χ0n) is 19.9. The fourth-order valence-electron chi connectivity index (χ4n) is 3.99. The highest BCUT2D eigenvalue weighted by atomic mass is 32.5. The van der Waals surface area contributed by atoms with Gasteiger partial charge in [0.05, 0.1) is 19.5 Å². The van der Waals surface area contributed by atoms with E-state index in [1.807, 2.05) is 0 Å². The number of nitrogen functional groups attached to an aromatic ring is 1. The number of nitrogens with zero attached hydrogens (tertiary/aromatic N) is 4. The van der Waals surface area contributed by atoms with Gasteiger partial charge in [0, 0.05) is 0 Å². The van der Waals surface area contributed by atoms with Crippen LogP contribution in [0.15, 0.2) is 12.7 Å². The normalized spacial score (nSPS) is 36.8. The molecular formula is C17H26FN5O14P2S. The number of anilines is 1. The highest BCUT2D eigenvalue weighted by Gasteiger charge is 2.51. The molecule has 0 saturated carbocycles. The Morgan fingerprint density at radius 1 is 1.07 bits per heavy atom. The Balaban J connectivity index is 1.38. The lowest BCUT2D eigenvalue weighted by Crippen LogP contribution is -2.60. The molecule has 4 rings (SSSR count). The van der Waals surface area contributed by atoms with Gasteiger partial charge < -0.3 is 60.2 Å². The molecule has 2 fully saturated rings. The molecule has 226 valence electrons. The molecule has 2 aliphatic rings. The van der Waals surface area contributed by atoms with E-state index in [-0.39, 0.29) is 17.0 Å². The number of aliphatic hydroxyl groups excluding tert-OH is 6. The predicted octanol–water partition coefficient (Wildman–Crippen LogP) is -3.47. The van der Waals surface area contributed by atoms with Gasteiger partial charge in [0.1, 0.15) is 54.6 Å². The molecule has 40 heavy (non-hydrogen) atoms. The van der Waals surface area contributed by atoms with Crippen molar-refractivity contribution >= 4 is 43.3 Å². The molecule has 10 N–H and O–H groups in total. The van der Waals surface area contributed by atoms with E-state index in [1.54, 1.807) is 0 Å². The standard InChI is InChI=1S/C17H26FN5O14P2S/c18-5(1-24)13-10(27)9(26)12(29)17(35-13)36-38(30,31)37-39(32,40)33-2-6-8(25)11(28)16(34-6)23-4-22-7-14(19)20-3-21-15(7)23/h3-6,8-13,16-17,24-29H,1-2H2,(H,30,31)(H,32,40)(H2,19,20,21)/t5-,6+,8-,9-,10-,11?,12?,13?,16+,17-,39?/m0/s1. The van der Waals surface area contributed by atoms with Crippen LogP contribution in [0.2, 0.25) is 0 Å². The van der Waals surface area contributed by atoms with Crippen molar-refractivity contribution < 1.29 is 72.2 Å². The molecule has 0 bridgehead atoms. The van der Waals surface area contributed by atoms with Crippen LogP contribution in [0.25, 0.3) is 11.2 Å². The number of nitrogens with two attached hydrogens (primary N) is 1. The molecule has 0 aromatic carbocycles. The number of hydrogen-bond donors (Lipinski definition) is 9. The summed E-state index contributed by atoms with van der Waals surface area (Å²) in [4.78, 5) is 32.1. The minimum Gasteiger partial charge on any atom is -0.393 e. The number of rotatable bonds is 10. The summed E-state index contributed by atoms with van der Waals surface area (Å²) in [6.07, 6.45) is -16.3. The summed E-state index contributed by atoms with van der Waals surface area (Å²) in [5.74, 6) is 0.0516. The first-order valence-corrected chi connectivity index (χ1v) is 15.3. The summed E-state index contributed by atoms with van der Waals surface area (Å²) < 4.78 is 52.0. The van der Waals surface area contributed by atoms with Crippen LogP contribution in [0.5, 0.6) is 0 Å². The predicted molar refractivity (Wildman–Crippen MR) is 129 cm³/mol. The van der Waals surface area contributed by atoms with Gasteiger partial charge >= 0.3 is 14.5 Å². The number of aromatic nitrogens is 4. The summed E-state index contributed by atoms with van der Waals surface area (Å²) in [7, 11) is -5.49. The monoisotopic (exact) mass is 637 g/mol. The van der Waals surface area contributed by atoms with Gasteiger partial charge in [-0.25, -0.2) is 28.2 Å². The summed E-state index contributed by atoms with van der Waals surface area (Å²) in [6.45, 7) is -6.63. The molecular weight excluding hydrogens is 611 g/mol. The van der Waals surface area contributed by atoms with E-state index in [9.17, 15) is 44.3 Å². The highest BCUT2D eigenvalue weighted by molar-refractivity contribution is 8.08. The fourth-order valence-corrected chi connectivity index (χ4v) is 7.09. The minimum absolute atomic E-state index is 0.0516. The van der Waals surface area contributed by atoms with Crippen LogP contribution in [-0.4, -0.2) is 128 Å². The van der Waals surface area contributed by atoms with Crippen LogP contribution in [0, 0.1) is 0 Å². The van der Waals surface area contributed by atoms with Crippen LogP contribution in [0.1, 0.15) is 6.23 Å².